The zero-order valence-electron chi connectivity index (χ0n) is 20.1. The topological polar surface area (TPSA) is 49.7 Å². The molecule has 5 rings (SSSR count). The molecular formula is C31H27BO3. The summed E-state index contributed by atoms with van der Waals surface area (Å²) in [6.45, 7) is 6.22. The van der Waals surface area contributed by atoms with Gasteiger partial charge in [-0.25, -0.2) is 0 Å². The third-order valence-electron chi connectivity index (χ3n) is 6.44. The summed E-state index contributed by atoms with van der Waals surface area (Å²) in [5.41, 5.74) is 9.87. The predicted octanol–water partition coefficient (Wildman–Crippen LogP) is 7.11. The zero-order valence-corrected chi connectivity index (χ0v) is 20.1. The molecule has 0 atom stereocenters. The second-order valence-corrected chi connectivity index (χ2v) is 9.06. The normalized spacial score (nSPS) is 11.0. The van der Waals surface area contributed by atoms with Gasteiger partial charge in [0.05, 0.1) is 0 Å². The van der Waals surface area contributed by atoms with E-state index in [0.717, 1.165) is 44.2 Å². The van der Waals surface area contributed by atoms with Crippen LogP contribution in [0, 0.1) is 20.8 Å². The Hall–Kier alpha value is -3.86. The Balaban J connectivity index is 1.91. The SMILES string of the molecule is Cc1ccc(-c2ccc(-c3ccc(C)cc3)c3c(-c4ccc(C)cc4)ccc(OB(O)O)c23)cc1. The molecule has 0 heterocycles. The van der Waals surface area contributed by atoms with Gasteiger partial charge in [-0.15, -0.1) is 0 Å². The van der Waals surface area contributed by atoms with Crippen molar-refractivity contribution in [1.29, 1.82) is 0 Å². The Morgan fingerprint density at radius 1 is 0.457 bits per heavy atom. The van der Waals surface area contributed by atoms with Crippen LogP contribution in [0.2, 0.25) is 0 Å². The molecule has 0 radical (unpaired) electrons. The number of benzene rings is 5. The van der Waals surface area contributed by atoms with Crippen molar-refractivity contribution < 1.29 is 14.7 Å². The van der Waals surface area contributed by atoms with E-state index in [1.807, 2.05) is 12.1 Å². The van der Waals surface area contributed by atoms with Crippen LogP contribution in [0.3, 0.4) is 0 Å². The average Bonchev–Trinajstić information content (AvgIpc) is 2.85. The van der Waals surface area contributed by atoms with Gasteiger partial charge >= 0.3 is 7.32 Å². The highest BCUT2D eigenvalue weighted by Gasteiger charge is 2.21. The number of hydrogen-bond donors (Lipinski definition) is 2. The molecule has 0 spiro atoms. The molecule has 0 aliphatic rings. The van der Waals surface area contributed by atoms with Crippen molar-refractivity contribution in [3.8, 4) is 39.1 Å². The fourth-order valence-corrected chi connectivity index (χ4v) is 4.60. The number of hydrogen-bond acceptors (Lipinski definition) is 3. The van der Waals surface area contributed by atoms with E-state index in [0.29, 0.717) is 5.75 Å². The summed E-state index contributed by atoms with van der Waals surface area (Å²) < 4.78 is 5.54. The molecule has 5 aromatic rings. The molecule has 4 heteroatoms. The van der Waals surface area contributed by atoms with E-state index in [-0.39, 0.29) is 0 Å². The van der Waals surface area contributed by atoms with E-state index >= 15 is 0 Å². The summed E-state index contributed by atoms with van der Waals surface area (Å²) in [6, 6.07) is 33.4. The summed E-state index contributed by atoms with van der Waals surface area (Å²) in [6.07, 6.45) is 0. The minimum atomic E-state index is -1.92. The first kappa shape index (κ1) is 22.9. The maximum Gasteiger partial charge on any atom is 0.707 e. The molecular weight excluding hydrogens is 431 g/mol. The first-order chi connectivity index (χ1) is 16.9. The van der Waals surface area contributed by atoms with Crippen molar-refractivity contribution in [2.75, 3.05) is 0 Å². The van der Waals surface area contributed by atoms with Crippen LogP contribution in [0.4, 0.5) is 0 Å². The van der Waals surface area contributed by atoms with Gasteiger partial charge in [0.25, 0.3) is 0 Å². The monoisotopic (exact) mass is 458 g/mol. The molecule has 0 saturated carbocycles. The van der Waals surface area contributed by atoms with Gasteiger partial charge < -0.3 is 14.7 Å². The van der Waals surface area contributed by atoms with Gasteiger partial charge in [-0.2, -0.15) is 0 Å². The predicted molar refractivity (Wildman–Crippen MR) is 145 cm³/mol. The first-order valence-electron chi connectivity index (χ1n) is 11.7. The molecule has 172 valence electrons. The molecule has 5 aromatic carbocycles. The highest BCUT2D eigenvalue weighted by atomic mass is 16.6. The molecule has 0 fully saturated rings. The Morgan fingerprint density at radius 3 is 1.17 bits per heavy atom. The molecule has 0 aliphatic heterocycles. The molecule has 0 bridgehead atoms. The van der Waals surface area contributed by atoms with Crippen LogP contribution >= 0.6 is 0 Å². The van der Waals surface area contributed by atoms with Gasteiger partial charge in [0.2, 0.25) is 0 Å². The number of rotatable bonds is 5. The lowest BCUT2D eigenvalue weighted by Gasteiger charge is -2.20. The average molecular weight is 458 g/mol. The van der Waals surface area contributed by atoms with E-state index < -0.39 is 7.32 Å². The maximum atomic E-state index is 9.73. The van der Waals surface area contributed by atoms with Crippen LogP contribution in [0.5, 0.6) is 5.75 Å². The van der Waals surface area contributed by atoms with E-state index in [9.17, 15) is 10.0 Å². The Bertz CT molecular complexity index is 1430. The van der Waals surface area contributed by atoms with Crippen molar-refractivity contribution in [1.82, 2.24) is 0 Å². The largest absolute Gasteiger partial charge is 0.707 e. The molecule has 3 nitrogen and oxygen atoms in total. The standard InChI is InChI=1S/C31H27BO3/c1-20-4-10-23(11-5-20)26-16-17-28(25-14-8-22(3)9-15-25)31-29(35-32(33)34)19-18-27(30(26)31)24-12-6-21(2)7-13-24/h4-19,33-34H,1-3H3. The van der Waals surface area contributed by atoms with E-state index in [1.165, 1.54) is 16.7 Å². The lowest BCUT2D eigenvalue weighted by molar-refractivity contribution is 0.289. The van der Waals surface area contributed by atoms with E-state index in [2.05, 4.69) is 106 Å². The summed E-state index contributed by atoms with van der Waals surface area (Å²) >= 11 is 0. The molecule has 2 N–H and O–H groups in total. The number of fused-ring (bicyclic) bond motifs is 1. The summed E-state index contributed by atoms with van der Waals surface area (Å²) in [5.74, 6) is 0.426. The summed E-state index contributed by atoms with van der Waals surface area (Å²) in [4.78, 5) is 0. The van der Waals surface area contributed by atoms with Gasteiger partial charge in [-0.3, -0.25) is 0 Å². The summed E-state index contributed by atoms with van der Waals surface area (Å²) in [5, 5.41) is 21.3. The highest BCUT2D eigenvalue weighted by Crippen LogP contribution is 2.45. The minimum Gasteiger partial charge on any atom is -0.511 e. The third kappa shape index (κ3) is 4.59. The van der Waals surface area contributed by atoms with Gasteiger partial charge in [-0.1, -0.05) is 108 Å². The fraction of sp³-hybridized carbons (Fsp3) is 0.0968. The first-order valence-corrected chi connectivity index (χ1v) is 11.7. The van der Waals surface area contributed by atoms with Crippen molar-refractivity contribution in [3.05, 3.63) is 114 Å². The van der Waals surface area contributed by atoms with Crippen molar-refractivity contribution in [3.63, 3.8) is 0 Å². The minimum absolute atomic E-state index is 0.426. The van der Waals surface area contributed by atoms with E-state index in [1.54, 1.807) is 0 Å². The molecule has 0 unspecified atom stereocenters. The smallest absolute Gasteiger partial charge is 0.511 e. The van der Waals surface area contributed by atoms with Crippen LogP contribution < -0.4 is 4.65 Å². The van der Waals surface area contributed by atoms with Crippen LogP contribution in [0.1, 0.15) is 16.7 Å². The van der Waals surface area contributed by atoms with Crippen LogP contribution in [-0.2, 0) is 0 Å². The van der Waals surface area contributed by atoms with Crippen molar-refractivity contribution in [2.45, 2.75) is 20.8 Å². The fourth-order valence-electron chi connectivity index (χ4n) is 4.60. The number of aryl methyl sites for hydroxylation is 3. The maximum absolute atomic E-state index is 9.73. The zero-order chi connectivity index (χ0) is 24.5. The lowest BCUT2D eigenvalue weighted by atomic mass is 9.86. The van der Waals surface area contributed by atoms with Crippen molar-refractivity contribution >= 4 is 18.1 Å². The Labute approximate surface area is 206 Å². The van der Waals surface area contributed by atoms with Crippen LogP contribution in [-0.4, -0.2) is 17.4 Å². The third-order valence-corrected chi connectivity index (χ3v) is 6.44. The van der Waals surface area contributed by atoms with E-state index in [4.69, 9.17) is 4.65 Å². The lowest BCUT2D eigenvalue weighted by Crippen LogP contribution is -2.20. The van der Waals surface area contributed by atoms with Gasteiger partial charge in [0, 0.05) is 10.8 Å². The van der Waals surface area contributed by atoms with Gasteiger partial charge in [-0.05, 0) is 60.2 Å². The van der Waals surface area contributed by atoms with Crippen molar-refractivity contribution in [2.24, 2.45) is 0 Å². The molecule has 0 aromatic heterocycles. The molecule has 0 saturated heterocycles. The Kier molecular flexibility index (Phi) is 6.17. The van der Waals surface area contributed by atoms with Crippen LogP contribution in [0.25, 0.3) is 44.2 Å². The van der Waals surface area contributed by atoms with Crippen LogP contribution in [0.15, 0.2) is 97.1 Å². The second kappa shape index (κ2) is 9.42. The molecule has 35 heavy (non-hydrogen) atoms. The van der Waals surface area contributed by atoms with Gasteiger partial charge in [0.15, 0.2) is 0 Å². The molecule has 0 amide bonds. The molecule has 0 aliphatic carbocycles. The van der Waals surface area contributed by atoms with Gasteiger partial charge in [0.1, 0.15) is 5.75 Å². The second-order valence-electron chi connectivity index (χ2n) is 9.06. The summed E-state index contributed by atoms with van der Waals surface area (Å²) in [7, 11) is -1.92. The Morgan fingerprint density at radius 2 is 0.800 bits per heavy atom. The highest BCUT2D eigenvalue weighted by molar-refractivity contribution is 6.34. The quantitative estimate of drug-likeness (QED) is 0.276.